The Bertz CT molecular complexity index is 1170. The van der Waals surface area contributed by atoms with Gasteiger partial charge in [-0.05, 0) is 49.9 Å². The monoisotopic (exact) mass is 436 g/mol. The van der Waals surface area contributed by atoms with Crippen molar-refractivity contribution in [1.82, 2.24) is 19.7 Å². The van der Waals surface area contributed by atoms with Crippen LogP contribution in [0.1, 0.15) is 58.8 Å². The highest BCUT2D eigenvalue weighted by Gasteiger charge is 2.25. The molecule has 0 fully saturated rings. The van der Waals surface area contributed by atoms with E-state index in [9.17, 15) is 9.59 Å². The van der Waals surface area contributed by atoms with Gasteiger partial charge in [0.1, 0.15) is 0 Å². The zero-order valence-electron chi connectivity index (χ0n) is 19.6. The smallest absolute Gasteiger partial charge is 0.337 e. The van der Waals surface area contributed by atoms with Crippen LogP contribution in [0.3, 0.4) is 0 Å². The zero-order chi connectivity index (χ0) is 23.0. The van der Waals surface area contributed by atoms with Gasteiger partial charge in [0.15, 0.2) is 0 Å². The molecule has 1 aromatic carbocycles. The van der Waals surface area contributed by atoms with Crippen molar-refractivity contribution >= 4 is 22.8 Å². The molecule has 0 spiro atoms. The van der Waals surface area contributed by atoms with Crippen LogP contribution in [0.25, 0.3) is 10.9 Å². The summed E-state index contributed by atoms with van der Waals surface area (Å²) in [5.41, 5.74) is 7.12. The van der Waals surface area contributed by atoms with E-state index in [1.54, 1.807) is 6.07 Å². The van der Waals surface area contributed by atoms with Gasteiger partial charge in [-0.15, -0.1) is 0 Å². The molecule has 0 saturated heterocycles. The van der Waals surface area contributed by atoms with Crippen LogP contribution in [0.5, 0.6) is 0 Å². The summed E-state index contributed by atoms with van der Waals surface area (Å²) in [6.45, 7) is 10.6. The standard InChI is InChI=1S/C25H32N4O3/c1-15(2)13-29-17(4)19(16(3)27-29)7-9-24(30)28-11-10-23-21(14-28)20-12-18(25(31)32-5)6-8-22(20)26-23/h6,8,12,15,26H,7,9-11,13-14H2,1-5H3. The third-order valence-electron chi connectivity index (χ3n) is 6.41. The van der Waals surface area contributed by atoms with E-state index in [0.717, 1.165) is 46.5 Å². The third-order valence-corrected chi connectivity index (χ3v) is 6.41. The molecule has 0 aliphatic carbocycles. The average molecular weight is 437 g/mol. The van der Waals surface area contributed by atoms with E-state index < -0.39 is 0 Å². The normalized spacial score (nSPS) is 13.6. The van der Waals surface area contributed by atoms with E-state index in [4.69, 9.17) is 4.74 Å². The van der Waals surface area contributed by atoms with E-state index in [1.165, 1.54) is 12.7 Å². The molecule has 0 radical (unpaired) electrons. The largest absolute Gasteiger partial charge is 0.465 e. The minimum Gasteiger partial charge on any atom is -0.465 e. The number of aryl methyl sites for hydroxylation is 1. The predicted molar refractivity (Wildman–Crippen MR) is 124 cm³/mol. The second kappa shape index (κ2) is 8.81. The van der Waals surface area contributed by atoms with E-state index in [2.05, 4.69) is 35.5 Å². The Morgan fingerprint density at radius 3 is 2.75 bits per heavy atom. The molecule has 3 aromatic rings. The number of ether oxygens (including phenoxy) is 1. The lowest BCUT2D eigenvalue weighted by Gasteiger charge is -2.27. The maximum atomic E-state index is 13.1. The molecule has 0 bridgehead atoms. The highest BCUT2D eigenvalue weighted by Crippen LogP contribution is 2.29. The lowest BCUT2D eigenvalue weighted by Crippen LogP contribution is -2.36. The van der Waals surface area contributed by atoms with Crippen molar-refractivity contribution in [2.45, 2.75) is 60.0 Å². The number of rotatable bonds is 6. The molecule has 0 saturated carbocycles. The number of benzene rings is 1. The van der Waals surface area contributed by atoms with Crippen LogP contribution >= 0.6 is 0 Å². The quantitative estimate of drug-likeness (QED) is 0.594. The van der Waals surface area contributed by atoms with Crippen molar-refractivity contribution in [2.75, 3.05) is 13.7 Å². The summed E-state index contributed by atoms with van der Waals surface area (Å²) in [5, 5.41) is 5.67. The minimum absolute atomic E-state index is 0.157. The molecule has 3 heterocycles. The summed E-state index contributed by atoms with van der Waals surface area (Å²) in [7, 11) is 1.38. The van der Waals surface area contributed by atoms with Crippen LogP contribution in [0.2, 0.25) is 0 Å². The molecule has 1 N–H and O–H groups in total. The number of methoxy groups -OCH3 is 1. The van der Waals surface area contributed by atoms with E-state index in [1.807, 2.05) is 24.0 Å². The molecular weight excluding hydrogens is 404 g/mol. The maximum absolute atomic E-state index is 13.1. The summed E-state index contributed by atoms with van der Waals surface area (Å²) in [5.74, 6) is 0.333. The van der Waals surface area contributed by atoms with Crippen molar-refractivity contribution in [3.8, 4) is 0 Å². The molecule has 170 valence electrons. The van der Waals surface area contributed by atoms with Gasteiger partial charge in [0.25, 0.3) is 0 Å². The molecule has 0 unspecified atom stereocenters. The van der Waals surface area contributed by atoms with Crippen LogP contribution in [-0.4, -0.2) is 45.2 Å². The first-order chi connectivity index (χ1) is 15.3. The Morgan fingerprint density at radius 1 is 1.25 bits per heavy atom. The van der Waals surface area contributed by atoms with Crippen LogP contribution < -0.4 is 0 Å². The van der Waals surface area contributed by atoms with Gasteiger partial charge in [-0.1, -0.05) is 13.8 Å². The molecule has 1 aliphatic rings. The molecule has 32 heavy (non-hydrogen) atoms. The SMILES string of the molecule is COC(=O)c1ccc2[nH]c3c(c2c1)CN(C(=O)CCc1c(C)nn(CC(C)C)c1C)CC3. The van der Waals surface area contributed by atoms with Crippen LogP contribution in [0, 0.1) is 19.8 Å². The summed E-state index contributed by atoms with van der Waals surface area (Å²) in [6.07, 6.45) is 1.96. The molecule has 0 atom stereocenters. The number of aromatic amines is 1. The molecule has 7 nitrogen and oxygen atoms in total. The lowest BCUT2D eigenvalue weighted by atomic mass is 10.0. The number of nitrogens with one attached hydrogen (secondary N) is 1. The second-order valence-electron chi connectivity index (χ2n) is 9.12. The van der Waals surface area contributed by atoms with Gasteiger partial charge >= 0.3 is 5.97 Å². The fraction of sp³-hybridized carbons (Fsp3) is 0.480. The Labute approximate surface area is 188 Å². The fourth-order valence-electron chi connectivity index (χ4n) is 4.68. The Kier molecular flexibility index (Phi) is 6.09. The lowest BCUT2D eigenvalue weighted by molar-refractivity contribution is -0.132. The van der Waals surface area contributed by atoms with E-state index in [0.29, 0.717) is 37.4 Å². The molecular formula is C25H32N4O3. The molecule has 1 aliphatic heterocycles. The summed E-state index contributed by atoms with van der Waals surface area (Å²) in [4.78, 5) is 30.4. The Balaban J connectivity index is 1.48. The van der Waals surface area contributed by atoms with Crippen molar-refractivity contribution < 1.29 is 14.3 Å². The predicted octanol–water partition coefficient (Wildman–Crippen LogP) is 3.94. The Morgan fingerprint density at radius 2 is 2.03 bits per heavy atom. The van der Waals surface area contributed by atoms with Crippen LogP contribution in [0.15, 0.2) is 18.2 Å². The number of carbonyl (C=O) groups excluding carboxylic acids is 2. The molecule has 1 amide bonds. The summed E-state index contributed by atoms with van der Waals surface area (Å²) >= 11 is 0. The average Bonchev–Trinajstić information content (AvgIpc) is 3.26. The van der Waals surface area contributed by atoms with Crippen molar-refractivity contribution in [3.63, 3.8) is 0 Å². The molecule has 4 rings (SSSR count). The fourth-order valence-corrected chi connectivity index (χ4v) is 4.68. The van der Waals surface area contributed by atoms with Gasteiger partial charge in [-0.2, -0.15) is 5.10 Å². The van der Waals surface area contributed by atoms with Crippen molar-refractivity contribution in [3.05, 3.63) is 52.0 Å². The van der Waals surface area contributed by atoms with Gasteiger partial charge in [0.05, 0.1) is 18.4 Å². The van der Waals surface area contributed by atoms with Crippen molar-refractivity contribution in [1.29, 1.82) is 0 Å². The van der Waals surface area contributed by atoms with E-state index in [-0.39, 0.29) is 11.9 Å². The first-order valence-corrected chi connectivity index (χ1v) is 11.3. The number of H-pyrrole nitrogens is 1. The van der Waals surface area contributed by atoms with Crippen LogP contribution in [-0.2, 0) is 35.5 Å². The van der Waals surface area contributed by atoms with E-state index >= 15 is 0 Å². The van der Waals surface area contributed by atoms with Gasteiger partial charge in [-0.3, -0.25) is 9.48 Å². The minimum atomic E-state index is -0.352. The first-order valence-electron chi connectivity index (χ1n) is 11.3. The number of nitrogens with zero attached hydrogens (tertiary/aromatic N) is 3. The van der Waals surface area contributed by atoms with Crippen LogP contribution in [0.4, 0.5) is 0 Å². The first kappa shape index (κ1) is 22.1. The van der Waals surface area contributed by atoms with Gasteiger partial charge in [0, 0.05) is 60.3 Å². The van der Waals surface area contributed by atoms with Crippen molar-refractivity contribution in [2.24, 2.45) is 5.92 Å². The number of hydrogen-bond acceptors (Lipinski definition) is 4. The number of esters is 1. The molecule has 2 aromatic heterocycles. The number of hydrogen-bond donors (Lipinski definition) is 1. The highest BCUT2D eigenvalue weighted by molar-refractivity contribution is 5.96. The van der Waals surface area contributed by atoms with Gasteiger partial charge in [0.2, 0.25) is 5.91 Å². The maximum Gasteiger partial charge on any atom is 0.337 e. The number of aromatic nitrogens is 3. The number of carbonyl (C=O) groups is 2. The second-order valence-corrected chi connectivity index (χ2v) is 9.12. The Hall–Kier alpha value is -3.09. The third kappa shape index (κ3) is 4.16. The summed E-state index contributed by atoms with van der Waals surface area (Å²) in [6, 6.07) is 5.54. The number of amides is 1. The zero-order valence-corrected chi connectivity index (χ0v) is 19.6. The van der Waals surface area contributed by atoms with Gasteiger partial charge in [-0.25, -0.2) is 4.79 Å². The highest BCUT2D eigenvalue weighted by atomic mass is 16.5. The topological polar surface area (TPSA) is 80.2 Å². The van der Waals surface area contributed by atoms with Gasteiger partial charge < -0.3 is 14.6 Å². The number of fused-ring (bicyclic) bond motifs is 3. The molecule has 7 heteroatoms. The summed E-state index contributed by atoms with van der Waals surface area (Å²) < 4.78 is 6.93.